The Hall–Kier alpha value is -3.19. The number of rotatable bonds is 5. The highest BCUT2D eigenvalue weighted by atomic mass is 32.1. The van der Waals surface area contributed by atoms with Crippen molar-refractivity contribution in [1.82, 2.24) is 4.98 Å². The topological polar surface area (TPSA) is 71.5 Å². The number of fused-ring (bicyclic) bond motifs is 1. The van der Waals surface area contributed by atoms with E-state index >= 15 is 0 Å². The van der Waals surface area contributed by atoms with Gasteiger partial charge >= 0.3 is 0 Å². The van der Waals surface area contributed by atoms with E-state index in [0.717, 1.165) is 29.1 Å². The second-order valence-corrected chi connectivity index (χ2v) is 7.23. The van der Waals surface area contributed by atoms with Gasteiger partial charge in [-0.2, -0.15) is 0 Å². The molecule has 0 saturated carbocycles. The smallest absolute Gasteiger partial charge is 0.255 e. The maximum Gasteiger partial charge on any atom is 0.255 e. The molecule has 0 radical (unpaired) electrons. The fourth-order valence-electron chi connectivity index (χ4n) is 3.18. The molecule has 1 aromatic heterocycles. The molecule has 0 saturated heterocycles. The summed E-state index contributed by atoms with van der Waals surface area (Å²) in [7, 11) is 0. The lowest BCUT2D eigenvalue weighted by Gasteiger charge is -2.15. The maximum atomic E-state index is 12.5. The number of nitrogens with zero attached hydrogens (tertiary/aromatic N) is 2. The van der Waals surface area contributed by atoms with Gasteiger partial charge in [-0.25, -0.2) is 4.98 Å². The van der Waals surface area contributed by atoms with Crippen molar-refractivity contribution in [1.29, 1.82) is 0 Å². The summed E-state index contributed by atoms with van der Waals surface area (Å²) >= 11 is 1.53. The van der Waals surface area contributed by atoms with Gasteiger partial charge in [-0.3, -0.25) is 9.59 Å². The number of thiazole rings is 1. The average Bonchev–Trinajstić information content (AvgIpc) is 3.36. The van der Waals surface area contributed by atoms with E-state index in [1.54, 1.807) is 41.6 Å². The fourth-order valence-corrected chi connectivity index (χ4v) is 3.72. The molecule has 1 aliphatic heterocycles. The highest BCUT2D eigenvalue weighted by Crippen LogP contribution is 2.30. The number of carbonyl (C=O) groups is 2. The Balaban J connectivity index is 1.39. The van der Waals surface area contributed by atoms with Crippen LogP contribution < -0.4 is 15.0 Å². The molecule has 6 nitrogen and oxygen atoms in total. The molecule has 0 spiro atoms. The van der Waals surface area contributed by atoms with Crippen LogP contribution in [0.1, 0.15) is 28.5 Å². The number of hydrogen-bond acceptors (Lipinski definition) is 5. The molecule has 1 aliphatic rings. The van der Waals surface area contributed by atoms with Crippen molar-refractivity contribution in [2.75, 3.05) is 16.8 Å². The lowest BCUT2D eigenvalue weighted by molar-refractivity contribution is -0.116. The van der Waals surface area contributed by atoms with Gasteiger partial charge in [0.05, 0.1) is 11.2 Å². The first-order chi connectivity index (χ1) is 13.6. The molecule has 2 aromatic carbocycles. The maximum absolute atomic E-state index is 12.5. The third-order valence-electron chi connectivity index (χ3n) is 4.60. The number of nitrogens with one attached hydrogen (secondary N) is 1. The van der Waals surface area contributed by atoms with E-state index in [1.165, 1.54) is 11.3 Å². The van der Waals surface area contributed by atoms with Gasteiger partial charge in [-0.05, 0) is 54.4 Å². The van der Waals surface area contributed by atoms with Crippen LogP contribution in [-0.4, -0.2) is 23.3 Å². The van der Waals surface area contributed by atoms with Crippen LogP contribution in [-0.2, 0) is 17.8 Å². The molecule has 0 unspecified atom stereocenters. The Morgan fingerprint density at radius 1 is 1.21 bits per heavy atom. The van der Waals surface area contributed by atoms with Crippen LogP contribution in [0.2, 0.25) is 0 Å². The zero-order valence-electron chi connectivity index (χ0n) is 15.3. The predicted octanol–water partition coefficient (Wildman–Crippen LogP) is 3.88. The van der Waals surface area contributed by atoms with Crippen molar-refractivity contribution in [3.05, 3.63) is 70.2 Å². The van der Waals surface area contributed by atoms with Crippen LogP contribution in [0.5, 0.6) is 5.75 Å². The van der Waals surface area contributed by atoms with Crippen molar-refractivity contribution in [2.24, 2.45) is 0 Å². The Morgan fingerprint density at radius 3 is 2.75 bits per heavy atom. The van der Waals surface area contributed by atoms with E-state index in [1.807, 2.05) is 23.6 Å². The van der Waals surface area contributed by atoms with Crippen LogP contribution in [0.4, 0.5) is 11.4 Å². The van der Waals surface area contributed by atoms with Gasteiger partial charge in [0.15, 0.2) is 0 Å². The minimum absolute atomic E-state index is 0.0348. The van der Waals surface area contributed by atoms with E-state index in [4.69, 9.17) is 4.74 Å². The van der Waals surface area contributed by atoms with E-state index < -0.39 is 0 Å². The molecule has 0 fully saturated rings. The first-order valence-electron chi connectivity index (χ1n) is 8.92. The summed E-state index contributed by atoms with van der Waals surface area (Å²) in [5.41, 5.74) is 5.91. The van der Waals surface area contributed by atoms with Gasteiger partial charge in [0, 0.05) is 35.8 Å². The molecule has 28 heavy (non-hydrogen) atoms. The molecule has 7 heteroatoms. The molecule has 0 atom stereocenters. The summed E-state index contributed by atoms with van der Waals surface area (Å²) in [5, 5.41) is 4.85. The SMILES string of the molecule is CC(=O)N1CCc2cc(NC(=O)c3ccc(OCc4cscn4)cc3)ccc21. The molecule has 1 N–H and O–H groups in total. The summed E-state index contributed by atoms with van der Waals surface area (Å²) in [6.45, 7) is 2.65. The number of hydrogen-bond donors (Lipinski definition) is 1. The van der Waals surface area contributed by atoms with Gasteiger partial charge < -0.3 is 15.0 Å². The Kier molecular flexibility index (Phi) is 5.08. The van der Waals surface area contributed by atoms with Crippen LogP contribution in [0.25, 0.3) is 0 Å². The predicted molar refractivity (Wildman–Crippen MR) is 109 cm³/mol. The standard InChI is InChI=1S/C21H19N3O3S/c1-14(25)24-9-8-16-10-17(4-7-20(16)24)23-21(26)15-2-5-19(6-3-15)27-11-18-12-28-13-22-18/h2-7,10,12-13H,8-9,11H2,1H3,(H,23,26). The normalized spacial score (nSPS) is 12.5. The zero-order valence-corrected chi connectivity index (χ0v) is 16.2. The molecule has 0 bridgehead atoms. The van der Waals surface area contributed by atoms with E-state index in [-0.39, 0.29) is 11.8 Å². The van der Waals surface area contributed by atoms with Crippen LogP contribution in [0.3, 0.4) is 0 Å². The van der Waals surface area contributed by atoms with Crippen molar-refractivity contribution in [2.45, 2.75) is 20.0 Å². The lowest BCUT2D eigenvalue weighted by Crippen LogP contribution is -2.25. The van der Waals surface area contributed by atoms with E-state index in [9.17, 15) is 9.59 Å². The van der Waals surface area contributed by atoms with Crippen molar-refractivity contribution < 1.29 is 14.3 Å². The molecule has 0 aliphatic carbocycles. The zero-order chi connectivity index (χ0) is 19.5. The summed E-state index contributed by atoms with van der Waals surface area (Å²) in [6, 6.07) is 12.6. The molecule has 142 valence electrons. The summed E-state index contributed by atoms with van der Waals surface area (Å²) < 4.78 is 5.66. The fraction of sp³-hybridized carbons (Fsp3) is 0.190. The third kappa shape index (κ3) is 3.89. The number of carbonyl (C=O) groups excluding carboxylic acids is 2. The highest BCUT2D eigenvalue weighted by Gasteiger charge is 2.22. The minimum Gasteiger partial charge on any atom is -0.487 e. The second kappa shape index (κ2) is 7.82. The second-order valence-electron chi connectivity index (χ2n) is 6.51. The minimum atomic E-state index is -0.188. The molecule has 2 amide bonds. The molecular formula is C21H19N3O3S. The molecule has 2 heterocycles. The number of ether oxygens (including phenoxy) is 1. The van der Waals surface area contributed by atoms with E-state index in [0.29, 0.717) is 24.5 Å². The summed E-state index contributed by atoms with van der Waals surface area (Å²) in [6.07, 6.45) is 0.795. The number of benzene rings is 2. The Labute approximate surface area is 166 Å². The first kappa shape index (κ1) is 18.2. The quantitative estimate of drug-likeness (QED) is 0.714. The average molecular weight is 393 g/mol. The van der Waals surface area contributed by atoms with E-state index in [2.05, 4.69) is 10.3 Å². The number of aromatic nitrogens is 1. The van der Waals surface area contributed by atoms with Crippen LogP contribution >= 0.6 is 11.3 Å². The van der Waals surface area contributed by atoms with Crippen LogP contribution in [0, 0.1) is 0 Å². The van der Waals surface area contributed by atoms with Crippen molar-refractivity contribution in [3.63, 3.8) is 0 Å². The number of anilines is 2. The highest BCUT2D eigenvalue weighted by molar-refractivity contribution is 7.07. The van der Waals surface area contributed by atoms with Gasteiger partial charge in [0.25, 0.3) is 5.91 Å². The van der Waals surface area contributed by atoms with Crippen LogP contribution in [0.15, 0.2) is 53.4 Å². The lowest BCUT2D eigenvalue weighted by atomic mass is 10.1. The van der Waals surface area contributed by atoms with Gasteiger partial charge in [-0.1, -0.05) is 0 Å². The van der Waals surface area contributed by atoms with Gasteiger partial charge in [0.2, 0.25) is 5.91 Å². The monoisotopic (exact) mass is 393 g/mol. The molecular weight excluding hydrogens is 374 g/mol. The van der Waals surface area contributed by atoms with Gasteiger partial charge in [0.1, 0.15) is 12.4 Å². The molecule has 4 rings (SSSR count). The first-order valence-corrected chi connectivity index (χ1v) is 9.87. The Bertz CT molecular complexity index is 1000. The summed E-state index contributed by atoms with van der Waals surface area (Å²) in [4.78, 5) is 30.1. The largest absolute Gasteiger partial charge is 0.487 e. The number of amides is 2. The Morgan fingerprint density at radius 2 is 2.04 bits per heavy atom. The van der Waals surface area contributed by atoms with Gasteiger partial charge in [-0.15, -0.1) is 11.3 Å². The summed E-state index contributed by atoms with van der Waals surface area (Å²) in [5.74, 6) is 0.534. The van der Waals surface area contributed by atoms with Crippen molar-refractivity contribution in [3.8, 4) is 5.75 Å². The van der Waals surface area contributed by atoms with Crippen molar-refractivity contribution >= 4 is 34.5 Å². The molecule has 3 aromatic rings. The third-order valence-corrected chi connectivity index (χ3v) is 5.23.